The Morgan fingerprint density at radius 1 is 0.857 bits per heavy atom. The van der Waals surface area contributed by atoms with Crippen molar-refractivity contribution in [3.05, 3.63) is 71.3 Å². The molecule has 0 atom stereocenters. The fourth-order valence-electron chi connectivity index (χ4n) is 4.63. The van der Waals surface area contributed by atoms with Crippen LogP contribution in [0.4, 0.5) is 5.82 Å². The number of fused-ring (bicyclic) bond motifs is 3. The average Bonchev–Trinajstić information content (AvgIpc) is 3.08. The number of aromatic amines is 1. The highest BCUT2D eigenvalue weighted by Gasteiger charge is 2.25. The van der Waals surface area contributed by atoms with Crippen molar-refractivity contribution in [2.24, 2.45) is 0 Å². The highest BCUT2D eigenvalue weighted by molar-refractivity contribution is 5.73. The van der Waals surface area contributed by atoms with Gasteiger partial charge >= 0.3 is 0 Å². The van der Waals surface area contributed by atoms with Crippen molar-refractivity contribution < 1.29 is 0 Å². The molecule has 0 unspecified atom stereocenters. The van der Waals surface area contributed by atoms with Gasteiger partial charge in [0.05, 0.1) is 5.69 Å². The van der Waals surface area contributed by atoms with Gasteiger partial charge in [-0.25, -0.2) is 0 Å². The molecule has 28 heavy (non-hydrogen) atoms. The Morgan fingerprint density at radius 2 is 1.64 bits per heavy atom. The predicted octanol–water partition coefficient (Wildman–Crippen LogP) is 3.93. The van der Waals surface area contributed by atoms with Gasteiger partial charge in [-0.05, 0) is 36.8 Å². The number of anilines is 1. The molecule has 2 aromatic carbocycles. The number of aromatic nitrogens is 2. The lowest BCUT2D eigenvalue weighted by Gasteiger charge is -2.35. The van der Waals surface area contributed by atoms with E-state index < -0.39 is 0 Å². The number of hydrogen-bond acceptors (Lipinski definition) is 3. The van der Waals surface area contributed by atoms with Gasteiger partial charge in [-0.2, -0.15) is 5.10 Å². The molecule has 1 saturated heterocycles. The normalized spacial score (nSPS) is 17.1. The van der Waals surface area contributed by atoms with Crippen LogP contribution in [0.25, 0.3) is 11.3 Å². The molecule has 0 spiro atoms. The molecule has 2 heterocycles. The molecule has 0 bridgehead atoms. The minimum Gasteiger partial charge on any atom is -0.352 e. The zero-order chi connectivity index (χ0) is 18.8. The molecule has 0 radical (unpaired) electrons. The summed E-state index contributed by atoms with van der Waals surface area (Å²) < 4.78 is 0. The summed E-state index contributed by atoms with van der Waals surface area (Å²) in [6.07, 6.45) is 4.61. The first-order chi connectivity index (χ1) is 13.9. The van der Waals surface area contributed by atoms with Gasteiger partial charge in [0, 0.05) is 43.9 Å². The summed E-state index contributed by atoms with van der Waals surface area (Å²) in [5.41, 5.74) is 6.89. The van der Waals surface area contributed by atoms with Crippen LogP contribution in [-0.4, -0.2) is 47.8 Å². The summed E-state index contributed by atoms with van der Waals surface area (Å²) >= 11 is 0. The van der Waals surface area contributed by atoms with Gasteiger partial charge < -0.3 is 4.90 Å². The molecule has 4 nitrogen and oxygen atoms in total. The lowest BCUT2D eigenvalue weighted by molar-refractivity contribution is 0.260. The number of rotatable bonds is 4. The van der Waals surface area contributed by atoms with Crippen LogP contribution in [0.15, 0.2) is 54.6 Å². The Labute approximate surface area is 167 Å². The highest BCUT2D eigenvalue weighted by atomic mass is 15.3. The van der Waals surface area contributed by atoms with Gasteiger partial charge in [-0.15, -0.1) is 0 Å². The summed E-state index contributed by atoms with van der Waals surface area (Å²) in [6.45, 7) is 5.50. The highest BCUT2D eigenvalue weighted by Crippen LogP contribution is 2.35. The molecule has 0 saturated carbocycles. The number of benzene rings is 2. The predicted molar refractivity (Wildman–Crippen MR) is 115 cm³/mol. The molecular formula is C24H28N4. The molecule has 1 aromatic heterocycles. The third kappa shape index (κ3) is 3.45. The molecule has 144 valence electrons. The van der Waals surface area contributed by atoms with E-state index in [1.165, 1.54) is 40.2 Å². The van der Waals surface area contributed by atoms with Crippen LogP contribution in [0.2, 0.25) is 0 Å². The van der Waals surface area contributed by atoms with Gasteiger partial charge in [-0.1, -0.05) is 54.6 Å². The topological polar surface area (TPSA) is 35.2 Å². The van der Waals surface area contributed by atoms with Crippen molar-refractivity contribution >= 4 is 5.82 Å². The number of nitrogens with one attached hydrogen (secondary N) is 1. The largest absolute Gasteiger partial charge is 0.352 e. The number of aryl methyl sites for hydroxylation is 1. The second-order valence-electron chi connectivity index (χ2n) is 7.98. The van der Waals surface area contributed by atoms with Gasteiger partial charge in [0.2, 0.25) is 0 Å². The van der Waals surface area contributed by atoms with E-state index in [0.717, 1.165) is 52.0 Å². The molecule has 1 aliphatic heterocycles. The smallest absolute Gasteiger partial charge is 0.154 e. The van der Waals surface area contributed by atoms with Gasteiger partial charge in [-0.3, -0.25) is 10.00 Å². The molecule has 2 aliphatic rings. The van der Waals surface area contributed by atoms with Crippen LogP contribution in [0.5, 0.6) is 0 Å². The summed E-state index contributed by atoms with van der Waals surface area (Å²) in [5, 5.41) is 8.14. The van der Waals surface area contributed by atoms with Crippen LogP contribution in [0.1, 0.15) is 23.1 Å². The molecule has 4 heteroatoms. The monoisotopic (exact) mass is 372 g/mol. The van der Waals surface area contributed by atoms with E-state index in [-0.39, 0.29) is 0 Å². The standard InChI is InChI=1S/C24H28N4/c1-2-7-19(8-3-1)13-14-27-15-17-28(18-16-27)24-22-12-6-10-20-9-4-5-11-21(20)23(22)25-26-24/h1-5,7-9,11H,6,10,12-18H2,(H,25,26). The molecule has 1 aliphatic carbocycles. The van der Waals surface area contributed by atoms with Crippen LogP contribution < -0.4 is 4.90 Å². The third-order valence-electron chi connectivity index (χ3n) is 6.24. The molecule has 1 fully saturated rings. The number of piperazine rings is 1. The molecule has 1 N–H and O–H groups in total. The Morgan fingerprint density at radius 3 is 2.50 bits per heavy atom. The van der Waals surface area contributed by atoms with E-state index in [4.69, 9.17) is 5.10 Å². The maximum absolute atomic E-state index is 4.76. The fraction of sp³-hybridized carbons (Fsp3) is 0.375. The summed E-state index contributed by atoms with van der Waals surface area (Å²) in [4.78, 5) is 5.08. The Hall–Kier alpha value is -2.59. The molecule has 5 rings (SSSR count). The first-order valence-corrected chi connectivity index (χ1v) is 10.6. The third-order valence-corrected chi connectivity index (χ3v) is 6.24. The summed E-state index contributed by atoms with van der Waals surface area (Å²) in [6, 6.07) is 19.6. The lowest BCUT2D eigenvalue weighted by atomic mass is 10.0. The number of nitrogens with zero attached hydrogens (tertiary/aromatic N) is 3. The Kier molecular flexibility index (Phi) is 4.88. The van der Waals surface area contributed by atoms with Crippen molar-refractivity contribution in [3.8, 4) is 11.3 Å². The first-order valence-electron chi connectivity index (χ1n) is 10.6. The van der Waals surface area contributed by atoms with E-state index in [1.54, 1.807) is 0 Å². The van der Waals surface area contributed by atoms with E-state index in [0.29, 0.717) is 0 Å². The van der Waals surface area contributed by atoms with Gasteiger partial charge in [0.15, 0.2) is 5.82 Å². The zero-order valence-electron chi connectivity index (χ0n) is 16.4. The zero-order valence-corrected chi connectivity index (χ0v) is 16.4. The van der Waals surface area contributed by atoms with Crippen molar-refractivity contribution in [1.82, 2.24) is 15.1 Å². The van der Waals surface area contributed by atoms with E-state index in [2.05, 4.69) is 69.5 Å². The Balaban J connectivity index is 1.26. The quantitative estimate of drug-likeness (QED) is 0.754. The number of H-pyrrole nitrogens is 1. The molecule has 0 amide bonds. The number of hydrogen-bond donors (Lipinski definition) is 1. The Bertz CT molecular complexity index is 923. The minimum atomic E-state index is 1.06. The summed E-state index contributed by atoms with van der Waals surface area (Å²) in [5.74, 6) is 1.19. The first kappa shape index (κ1) is 17.5. The maximum atomic E-state index is 4.76. The van der Waals surface area contributed by atoms with Crippen LogP contribution in [-0.2, 0) is 19.3 Å². The van der Waals surface area contributed by atoms with E-state index in [9.17, 15) is 0 Å². The van der Waals surface area contributed by atoms with Crippen molar-refractivity contribution in [2.75, 3.05) is 37.6 Å². The van der Waals surface area contributed by atoms with E-state index >= 15 is 0 Å². The van der Waals surface area contributed by atoms with Crippen LogP contribution >= 0.6 is 0 Å². The van der Waals surface area contributed by atoms with E-state index in [1.807, 2.05) is 0 Å². The van der Waals surface area contributed by atoms with Crippen LogP contribution in [0, 0.1) is 0 Å². The fourth-order valence-corrected chi connectivity index (χ4v) is 4.63. The molecule has 3 aromatic rings. The second-order valence-corrected chi connectivity index (χ2v) is 7.98. The van der Waals surface area contributed by atoms with Gasteiger partial charge in [0.25, 0.3) is 0 Å². The van der Waals surface area contributed by atoms with Crippen molar-refractivity contribution in [2.45, 2.75) is 25.7 Å². The van der Waals surface area contributed by atoms with Crippen molar-refractivity contribution in [3.63, 3.8) is 0 Å². The van der Waals surface area contributed by atoms with Crippen molar-refractivity contribution in [1.29, 1.82) is 0 Å². The molecular weight excluding hydrogens is 344 g/mol. The maximum Gasteiger partial charge on any atom is 0.154 e. The summed E-state index contributed by atoms with van der Waals surface area (Å²) in [7, 11) is 0. The van der Waals surface area contributed by atoms with Gasteiger partial charge in [0.1, 0.15) is 0 Å². The average molecular weight is 373 g/mol. The SMILES string of the molecule is c1ccc(CCN2CCN(c3n[nH]c4c3CCCc3ccccc3-4)CC2)cc1. The second kappa shape index (κ2) is 7.80. The lowest BCUT2D eigenvalue weighted by Crippen LogP contribution is -2.47. The van der Waals surface area contributed by atoms with Crippen LogP contribution in [0.3, 0.4) is 0 Å². The minimum absolute atomic E-state index is 1.06.